The molecule has 0 aliphatic carbocycles. The Morgan fingerprint density at radius 3 is 2.84 bits per heavy atom. The number of hydrogen-bond acceptors (Lipinski definition) is 3. The third-order valence-corrected chi connectivity index (χ3v) is 3.20. The average Bonchev–Trinajstić information content (AvgIpc) is 2.84. The largest absolute Gasteiger partial charge is 0.282 e. The Labute approximate surface area is 116 Å². The van der Waals surface area contributed by atoms with E-state index in [9.17, 15) is 4.39 Å². The summed E-state index contributed by atoms with van der Waals surface area (Å²) in [5.74, 6) is 0.0279. The van der Waals surface area contributed by atoms with Gasteiger partial charge in [0.25, 0.3) is 0 Å². The molecule has 0 fully saturated rings. The number of benzene rings is 1. The van der Waals surface area contributed by atoms with Crippen LogP contribution in [0.4, 0.5) is 4.39 Å². The molecule has 0 N–H and O–H groups in total. The smallest absolute Gasteiger partial charge is 0.171 e. The molecule has 6 heteroatoms. The predicted molar refractivity (Wildman–Crippen MR) is 70.8 cm³/mol. The molecule has 0 amide bonds. The maximum Gasteiger partial charge on any atom is 0.171 e. The Hall–Kier alpha value is -2.26. The summed E-state index contributed by atoms with van der Waals surface area (Å²) in [7, 11) is 0. The molecule has 0 spiro atoms. The molecular weight excluding hydrogens is 311 g/mol. The topological polar surface area (TPSA) is 54.0 Å². The first-order chi connectivity index (χ1) is 9.19. The van der Waals surface area contributed by atoms with Gasteiger partial charge in [-0.25, -0.2) is 4.39 Å². The van der Waals surface area contributed by atoms with Crippen LogP contribution in [0.5, 0.6) is 0 Å². The van der Waals surface area contributed by atoms with E-state index in [2.05, 4.69) is 26.1 Å². The number of nitrogens with zero attached hydrogens (tertiary/aromatic N) is 4. The fourth-order valence-electron chi connectivity index (χ4n) is 1.81. The van der Waals surface area contributed by atoms with Gasteiger partial charge in [0.1, 0.15) is 5.82 Å². The first-order valence-electron chi connectivity index (χ1n) is 5.39. The average molecular weight is 317 g/mol. The highest BCUT2D eigenvalue weighted by Gasteiger charge is 2.13. The van der Waals surface area contributed by atoms with Crippen LogP contribution >= 0.6 is 15.9 Å². The lowest BCUT2D eigenvalue weighted by Crippen LogP contribution is -1.92. The number of halogens is 2. The van der Waals surface area contributed by atoms with E-state index >= 15 is 0 Å². The van der Waals surface area contributed by atoms with Crippen LogP contribution < -0.4 is 0 Å². The lowest BCUT2D eigenvalue weighted by atomic mass is 10.2. The van der Waals surface area contributed by atoms with Gasteiger partial charge in [0, 0.05) is 16.7 Å². The molecular formula is C13H6BrFN4. The van der Waals surface area contributed by atoms with E-state index in [1.807, 2.05) is 6.07 Å². The Balaban J connectivity index is 2.26. The minimum absolute atomic E-state index is 0.353. The lowest BCUT2D eigenvalue weighted by Gasteiger charge is -2.02. The second kappa shape index (κ2) is 4.44. The van der Waals surface area contributed by atoms with Crippen molar-refractivity contribution in [3.63, 3.8) is 0 Å². The molecule has 4 nitrogen and oxygen atoms in total. The van der Waals surface area contributed by atoms with E-state index in [0.717, 1.165) is 4.47 Å². The summed E-state index contributed by atoms with van der Waals surface area (Å²) in [4.78, 5) is 0. The minimum Gasteiger partial charge on any atom is -0.282 e. The van der Waals surface area contributed by atoms with Gasteiger partial charge in [-0.15, -0.1) is 10.2 Å². The van der Waals surface area contributed by atoms with Gasteiger partial charge < -0.3 is 0 Å². The van der Waals surface area contributed by atoms with Crippen molar-refractivity contribution >= 4 is 21.6 Å². The second-order valence-corrected chi connectivity index (χ2v) is 4.82. The molecule has 3 aromatic rings. The summed E-state index contributed by atoms with van der Waals surface area (Å²) in [6, 6.07) is 9.89. The van der Waals surface area contributed by atoms with E-state index in [4.69, 9.17) is 5.26 Å². The number of aromatic nitrogens is 3. The summed E-state index contributed by atoms with van der Waals surface area (Å²) < 4.78 is 16.3. The molecule has 92 valence electrons. The Bertz CT molecular complexity index is 819. The van der Waals surface area contributed by atoms with Crippen LogP contribution in [0.2, 0.25) is 0 Å². The quantitative estimate of drug-likeness (QED) is 0.693. The van der Waals surface area contributed by atoms with E-state index in [-0.39, 0.29) is 5.82 Å². The van der Waals surface area contributed by atoms with E-state index < -0.39 is 0 Å². The monoisotopic (exact) mass is 316 g/mol. The SMILES string of the molecule is N#Cc1ccn2c(-c3cc(Br)ccc3F)nnc2c1. The fraction of sp³-hybridized carbons (Fsp3) is 0. The Morgan fingerprint density at radius 1 is 1.21 bits per heavy atom. The zero-order valence-electron chi connectivity index (χ0n) is 9.51. The highest BCUT2D eigenvalue weighted by atomic mass is 79.9. The molecule has 0 aliphatic heterocycles. The lowest BCUT2D eigenvalue weighted by molar-refractivity contribution is 0.629. The van der Waals surface area contributed by atoms with Crippen LogP contribution in [0.25, 0.3) is 17.0 Å². The minimum atomic E-state index is -0.373. The molecule has 0 saturated carbocycles. The zero-order chi connectivity index (χ0) is 13.4. The van der Waals surface area contributed by atoms with E-state index in [1.165, 1.54) is 6.07 Å². The summed E-state index contributed by atoms with van der Waals surface area (Å²) in [5.41, 5.74) is 1.35. The third-order valence-electron chi connectivity index (χ3n) is 2.71. The fourth-order valence-corrected chi connectivity index (χ4v) is 2.17. The maximum atomic E-state index is 13.9. The number of nitriles is 1. The molecule has 1 aromatic carbocycles. The number of rotatable bonds is 1. The van der Waals surface area contributed by atoms with Crippen LogP contribution in [0.15, 0.2) is 41.0 Å². The van der Waals surface area contributed by atoms with Crippen molar-refractivity contribution in [3.8, 4) is 17.5 Å². The van der Waals surface area contributed by atoms with Gasteiger partial charge in [0.15, 0.2) is 11.5 Å². The van der Waals surface area contributed by atoms with Gasteiger partial charge in [-0.1, -0.05) is 15.9 Å². The number of pyridine rings is 1. The molecule has 0 unspecified atom stereocenters. The standard InChI is InChI=1S/C13H6BrFN4/c14-9-1-2-11(15)10(6-9)13-18-17-12-5-8(7-16)3-4-19(12)13/h1-6H. The van der Waals surface area contributed by atoms with Gasteiger partial charge in [0.2, 0.25) is 0 Å². The zero-order valence-corrected chi connectivity index (χ0v) is 11.1. The van der Waals surface area contributed by atoms with Crippen LogP contribution in [0.3, 0.4) is 0 Å². The molecule has 2 heterocycles. The van der Waals surface area contributed by atoms with Crippen LogP contribution in [-0.4, -0.2) is 14.6 Å². The molecule has 19 heavy (non-hydrogen) atoms. The van der Waals surface area contributed by atoms with Crippen molar-refractivity contribution < 1.29 is 4.39 Å². The Morgan fingerprint density at radius 2 is 2.05 bits per heavy atom. The van der Waals surface area contributed by atoms with Crippen molar-refractivity contribution in [2.24, 2.45) is 0 Å². The predicted octanol–water partition coefficient (Wildman–Crippen LogP) is 3.17. The summed E-state index contributed by atoms with van der Waals surface area (Å²) in [5, 5.41) is 16.8. The van der Waals surface area contributed by atoms with Crippen LogP contribution in [-0.2, 0) is 0 Å². The van der Waals surface area contributed by atoms with E-state index in [1.54, 1.807) is 34.9 Å². The molecule has 0 aliphatic rings. The van der Waals surface area contributed by atoms with Crippen molar-refractivity contribution in [1.82, 2.24) is 14.6 Å². The normalized spacial score (nSPS) is 10.6. The van der Waals surface area contributed by atoms with Crippen molar-refractivity contribution in [2.45, 2.75) is 0 Å². The highest BCUT2D eigenvalue weighted by Crippen LogP contribution is 2.25. The number of hydrogen-bond donors (Lipinski definition) is 0. The van der Waals surface area contributed by atoms with Crippen LogP contribution in [0.1, 0.15) is 5.56 Å². The maximum absolute atomic E-state index is 13.9. The van der Waals surface area contributed by atoms with Crippen molar-refractivity contribution in [2.75, 3.05) is 0 Å². The first kappa shape index (κ1) is 11.8. The van der Waals surface area contributed by atoms with Crippen molar-refractivity contribution in [1.29, 1.82) is 5.26 Å². The third kappa shape index (κ3) is 1.98. The molecule has 3 rings (SSSR count). The van der Waals surface area contributed by atoms with Crippen LogP contribution in [0, 0.1) is 17.1 Å². The molecule has 0 bridgehead atoms. The summed E-state index contributed by atoms with van der Waals surface area (Å²) >= 11 is 3.30. The number of fused-ring (bicyclic) bond motifs is 1. The van der Waals surface area contributed by atoms with Gasteiger partial charge in [0.05, 0.1) is 17.2 Å². The molecule has 0 radical (unpaired) electrons. The van der Waals surface area contributed by atoms with Gasteiger partial charge >= 0.3 is 0 Å². The molecule has 2 aromatic heterocycles. The summed E-state index contributed by atoms with van der Waals surface area (Å²) in [6.45, 7) is 0. The molecule has 0 atom stereocenters. The molecule has 0 saturated heterocycles. The van der Waals surface area contributed by atoms with Gasteiger partial charge in [-0.2, -0.15) is 5.26 Å². The van der Waals surface area contributed by atoms with Gasteiger partial charge in [-0.3, -0.25) is 4.40 Å². The first-order valence-corrected chi connectivity index (χ1v) is 6.18. The summed E-state index contributed by atoms with van der Waals surface area (Å²) in [6.07, 6.45) is 1.66. The van der Waals surface area contributed by atoms with E-state index in [0.29, 0.717) is 22.6 Å². The Kier molecular flexibility index (Phi) is 2.76. The second-order valence-electron chi connectivity index (χ2n) is 3.90. The highest BCUT2D eigenvalue weighted by molar-refractivity contribution is 9.10. The van der Waals surface area contributed by atoms with Gasteiger partial charge in [-0.05, 0) is 24.3 Å². The van der Waals surface area contributed by atoms with Crippen molar-refractivity contribution in [3.05, 3.63) is 52.4 Å².